The summed E-state index contributed by atoms with van der Waals surface area (Å²) in [5.41, 5.74) is 0.494. The number of aromatic nitrogens is 1. The van der Waals surface area contributed by atoms with Crippen LogP contribution in [0.25, 0.3) is 0 Å². The second-order valence-corrected chi connectivity index (χ2v) is 5.09. The standard InChI is InChI=1S/C16H16N2O4/c1-10(2)13-6-4-11(8-17)15(19)18(13)9-12-5-7-14(22-12)16(20)21-3/h4-7,10H,9H2,1-3H3. The molecule has 2 aromatic rings. The molecule has 0 atom stereocenters. The molecule has 0 unspecified atom stereocenters. The summed E-state index contributed by atoms with van der Waals surface area (Å²) in [5.74, 6) is 0.0523. The number of carbonyl (C=O) groups excluding carboxylic acids is 1. The van der Waals surface area contributed by atoms with Gasteiger partial charge in [0.2, 0.25) is 5.76 Å². The minimum absolute atomic E-state index is 0.0733. The van der Waals surface area contributed by atoms with Crippen LogP contribution in [0.2, 0.25) is 0 Å². The zero-order valence-corrected chi connectivity index (χ0v) is 12.6. The van der Waals surface area contributed by atoms with E-state index in [4.69, 9.17) is 9.68 Å². The average molecular weight is 300 g/mol. The number of pyridine rings is 1. The number of ether oxygens (including phenoxy) is 1. The van der Waals surface area contributed by atoms with Gasteiger partial charge in [0.1, 0.15) is 17.4 Å². The van der Waals surface area contributed by atoms with Crippen molar-refractivity contribution in [1.29, 1.82) is 5.26 Å². The van der Waals surface area contributed by atoms with Crippen LogP contribution in [0.15, 0.2) is 33.5 Å². The van der Waals surface area contributed by atoms with Crippen molar-refractivity contribution in [1.82, 2.24) is 4.57 Å². The molecule has 2 aromatic heterocycles. The number of carbonyl (C=O) groups is 1. The molecule has 6 heteroatoms. The summed E-state index contributed by atoms with van der Waals surface area (Å²) in [7, 11) is 1.27. The van der Waals surface area contributed by atoms with Crippen molar-refractivity contribution in [3.8, 4) is 6.07 Å². The third-order valence-corrected chi connectivity index (χ3v) is 3.28. The highest BCUT2D eigenvalue weighted by Crippen LogP contribution is 2.16. The highest BCUT2D eigenvalue weighted by Gasteiger charge is 2.15. The van der Waals surface area contributed by atoms with Gasteiger partial charge in [0, 0.05) is 5.69 Å². The molecule has 0 aliphatic rings. The summed E-state index contributed by atoms with van der Waals surface area (Å²) in [6.45, 7) is 4.07. The number of hydrogen-bond donors (Lipinski definition) is 0. The van der Waals surface area contributed by atoms with Gasteiger partial charge in [-0.25, -0.2) is 4.79 Å². The molecule has 0 radical (unpaired) electrons. The Hall–Kier alpha value is -2.81. The number of methoxy groups -OCH3 is 1. The summed E-state index contributed by atoms with van der Waals surface area (Å²) in [5, 5.41) is 9.00. The molecule has 0 spiro atoms. The van der Waals surface area contributed by atoms with E-state index in [1.54, 1.807) is 12.1 Å². The van der Waals surface area contributed by atoms with Gasteiger partial charge in [0.25, 0.3) is 5.56 Å². The van der Waals surface area contributed by atoms with Gasteiger partial charge >= 0.3 is 5.97 Å². The Morgan fingerprint density at radius 3 is 2.68 bits per heavy atom. The molecule has 22 heavy (non-hydrogen) atoms. The fourth-order valence-corrected chi connectivity index (χ4v) is 2.17. The Morgan fingerprint density at radius 2 is 2.09 bits per heavy atom. The van der Waals surface area contributed by atoms with Crippen molar-refractivity contribution in [2.45, 2.75) is 26.3 Å². The van der Waals surface area contributed by atoms with Gasteiger partial charge in [-0.1, -0.05) is 13.8 Å². The van der Waals surface area contributed by atoms with E-state index in [1.807, 2.05) is 19.9 Å². The minimum atomic E-state index is -0.576. The summed E-state index contributed by atoms with van der Waals surface area (Å²) in [4.78, 5) is 23.7. The maximum Gasteiger partial charge on any atom is 0.373 e. The van der Waals surface area contributed by atoms with Gasteiger partial charge in [-0.3, -0.25) is 4.79 Å². The Kier molecular flexibility index (Phi) is 4.47. The predicted molar refractivity (Wildman–Crippen MR) is 78.7 cm³/mol. The molecule has 0 amide bonds. The largest absolute Gasteiger partial charge is 0.463 e. The molecule has 0 saturated carbocycles. The van der Waals surface area contributed by atoms with Crippen LogP contribution >= 0.6 is 0 Å². The molecule has 0 saturated heterocycles. The van der Waals surface area contributed by atoms with E-state index in [-0.39, 0.29) is 29.3 Å². The molecule has 0 aromatic carbocycles. The van der Waals surface area contributed by atoms with Crippen molar-refractivity contribution in [2.75, 3.05) is 7.11 Å². The van der Waals surface area contributed by atoms with Gasteiger partial charge in [-0.2, -0.15) is 5.26 Å². The van der Waals surface area contributed by atoms with Gasteiger partial charge in [0.15, 0.2) is 0 Å². The monoisotopic (exact) mass is 300 g/mol. The molecule has 2 heterocycles. The van der Waals surface area contributed by atoms with Gasteiger partial charge in [-0.05, 0) is 30.2 Å². The maximum atomic E-state index is 12.3. The first-order valence-electron chi connectivity index (χ1n) is 6.78. The minimum Gasteiger partial charge on any atom is -0.463 e. The van der Waals surface area contributed by atoms with Crippen LogP contribution in [0, 0.1) is 11.3 Å². The molecule has 2 rings (SSSR count). The smallest absolute Gasteiger partial charge is 0.373 e. The fourth-order valence-electron chi connectivity index (χ4n) is 2.17. The van der Waals surface area contributed by atoms with E-state index in [9.17, 15) is 9.59 Å². The van der Waals surface area contributed by atoms with Crippen LogP contribution in [0.3, 0.4) is 0 Å². The lowest BCUT2D eigenvalue weighted by Crippen LogP contribution is -2.26. The second-order valence-electron chi connectivity index (χ2n) is 5.09. The van der Waals surface area contributed by atoms with Crippen molar-refractivity contribution in [3.63, 3.8) is 0 Å². The van der Waals surface area contributed by atoms with Crippen molar-refractivity contribution >= 4 is 5.97 Å². The molecule has 0 bridgehead atoms. The molecule has 0 aliphatic carbocycles. The lowest BCUT2D eigenvalue weighted by Gasteiger charge is -2.14. The van der Waals surface area contributed by atoms with Crippen LogP contribution in [-0.2, 0) is 11.3 Å². The number of nitriles is 1. The number of rotatable bonds is 4. The van der Waals surface area contributed by atoms with Gasteiger partial charge in [-0.15, -0.1) is 0 Å². The average Bonchev–Trinajstić information content (AvgIpc) is 2.96. The molecular formula is C16H16N2O4. The Labute approximate surface area is 127 Å². The Bertz CT molecular complexity index is 793. The Morgan fingerprint density at radius 1 is 1.36 bits per heavy atom. The lowest BCUT2D eigenvalue weighted by atomic mass is 10.1. The van der Waals surface area contributed by atoms with Crippen LogP contribution in [0.1, 0.15) is 47.3 Å². The van der Waals surface area contributed by atoms with Crippen molar-refractivity contribution < 1.29 is 13.9 Å². The molecule has 0 fully saturated rings. The first-order chi connectivity index (χ1) is 10.5. The normalized spacial score (nSPS) is 10.5. The predicted octanol–water partition coefficient (Wildman–Crippen LogP) is 2.27. The van der Waals surface area contributed by atoms with E-state index in [2.05, 4.69) is 4.74 Å². The third-order valence-electron chi connectivity index (χ3n) is 3.28. The zero-order chi connectivity index (χ0) is 16.3. The number of nitrogens with zero attached hydrogens (tertiary/aromatic N) is 2. The van der Waals surface area contributed by atoms with E-state index in [0.29, 0.717) is 5.76 Å². The van der Waals surface area contributed by atoms with Crippen LogP contribution in [-0.4, -0.2) is 17.6 Å². The first-order valence-corrected chi connectivity index (χ1v) is 6.78. The second kappa shape index (κ2) is 6.31. The zero-order valence-electron chi connectivity index (χ0n) is 12.6. The van der Waals surface area contributed by atoms with Crippen LogP contribution in [0.5, 0.6) is 0 Å². The Balaban J connectivity index is 2.44. The summed E-state index contributed by atoms with van der Waals surface area (Å²) < 4.78 is 11.5. The van der Waals surface area contributed by atoms with Crippen LogP contribution in [0.4, 0.5) is 0 Å². The highest BCUT2D eigenvalue weighted by atomic mass is 16.5. The highest BCUT2D eigenvalue weighted by molar-refractivity contribution is 5.86. The molecule has 0 aliphatic heterocycles. The maximum absolute atomic E-state index is 12.3. The number of esters is 1. The fraction of sp³-hybridized carbons (Fsp3) is 0.312. The van der Waals surface area contributed by atoms with Gasteiger partial charge < -0.3 is 13.7 Å². The molecule has 6 nitrogen and oxygen atoms in total. The van der Waals surface area contributed by atoms with E-state index in [1.165, 1.54) is 23.8 Å². The molecular weight excluding hydrogens is 284 g/mol. The van der Waals surface area contributed by atoms with Gasteiger partial charge in [0.05, 0.1) is 13.7 Å². The third kappa shape index (κ3) is 2.93. The number of furan rings is 1. The van der Waals surface area contributed by atoms with Crippen molar-refractivity contribution in [2.24, 2.45) is 0 Å². The quantitative estimate of drug-likeness (QED) is 0.809. The lowest BCUT2D eigenvalue weighted by molar-refractivity contribution is 0.0563. The van der Waals surface area contributed by atoms with E-state index >= 15 is 0 Å². The van der Waals surface area contributed by atoms with Crippen molar-refractivity contribution in [3.05, 3.63) is 57.4 Å². The summed E-state index contributed by atoms with van der Waals surface area (Å²) >= 11 is 0. The number of hydrogen-bond acceptors (Lipinski definition) is 5. The van der Waals surface area contributed by atoms with E-state index in [0.717, 1.165) is 5.69 Å². The topological polar surface area (TPSA) is 85.2 Å². The summed E-state index contributed by atoms with van der Waals surface area (Å²) in [6, 6.07) is 8.27. The first kappa shape index (κ1) is 15.6. The van der Waals surface area contributed by atoms with Crippen LogP contribution < -0.4 is 5.56 Å². The molecule has 0 N–H and O–H groups in total. The van der Waals surface area contributed by atoms with E-state index < -0.39 is 5.97 Å². The molecule has 114 valence electrons. The summed E-state index contributed by atoms with van der Waals surface area (Å²) in [6.07, 6.45) is 0. The SMILES string of the molecule is COC(=O)c1ccc(Cn2c(C(C)C)ccc(C#N)c2=O)o1.